The number of carboxylic acid groups (broad SMARTS) is 1. The lowest BCUT2D eigenvalue weighted by Gasteiger charge is -2.16. The molecule has 1 saturated heterocycles. The van der Waals surface area contributed by atoms with Crippen molar-refractivity contribution >= 4 is 23.5 Å². The van der Waals surface area contributed by atoms with Crippen LogP contribution in [0.5, 0.6) is 0 Å². The molecule has 0 radical (unpaired) electrons. The first-order chi connectivity index (χ1) is 8.47. The number of carbonyl (C=O) groups excluding carboxylic acids is 1. The van der Waals surface area contributed by atoms with Gasteiger partial charge in [-0.2, -0.15) is 0 Å². The number of hydrogen-bond acceptors (Lipinski definition) is 2. The Balaban J connectivity index is 2.10. The van der Waals surface area contributed by atoms with Crippen LogP contribution in [0.3, 0.4) is 0 Å². The van der Waals surface area contributed by atoms with Gasteiger partial charge in [0, 0.05) is 24.5 Å². The van der Waals surface area contributed by atoms with Crippen LogP contribution in [0.4, 0.5) is 4.39 Å². The van der Waals surface area contributed by atoms with Crippen molar-refractivity contribution in [3.8, 4) is 0 Å². The standard InChI is InChI=1S/C12H11ClFNO3/c13-10-4-9(14)2-1-7(10)5-15-6-8(12(17)18)3-11(15)16/h1-2,4,8H,3,5-6H2,(H,17,18)/t8-/m0/s1. The van der Waals surface area contributed by atoms with E-state index in [1.807, 2.05) is 0 Å². The smallest absolute Gasteiger partial charge is 0.308 e. The third-order valence-corrected chi connectivity index (χ3v) is 3.29. The first-order valence-corrected chi connectivity index (χ1v) is 5.79. The molecule has 0 spiro atoms. The Bertz CT molecular complexity index is 506. The number of amides is 1. The Hall–Kier alpha value is -1.62. The maximum Gasteiger partial charge on any atom is 0.308 e. The minimum absolute atomic E-state index is 0.00808. The Morgan fingerprint density at radius 2 is 2.28 bits per heavy atom. The Labute approximate surface area is 108 Å². The van der Waals surface area contributed by atoms with Crippen LogP contribution < -0.4 is 0 Å². The van der Waals surface area contributed by atoms with Gasteiger partial charge in [0.05, 0.1) is 5.92 Å². The van der Waals surface area contributed by atoms with Gasteiger partial charge in [0.15, 0.2) is 0 Å². The van der Waals surface area contributed by atoms with Crippen LogP contribution in [-0.4, -0.2) is 28.4 Å². The maximum absolute atomic E-state index is 12.9. The summed E-state index contributed by atoms with van der Waals surface area (Å²) in [7, 11) is 0. The molecule has 4 nitrogen and oxygen atoms in total. The second-order valence-corrected chi connectivity index (χ2v) is 4.66. The number of nitrogens with zero attached hydrogens (tertiary/aromatic N) is 1. The summed E-state index contributed by atoms with van der Waals surface area (Å²) in [4.78, 5) is 23.8. The Kier molecular flexibility index (Phi) is 3.52. The third kappa shape index (κ3) is 2.61. The molecule has 1 aliphatic rings. The van der Waals surface area contributed by atoms with Crippen molar-refractivity contribution in [3.05, 3.63) is 34.6 Å². The molecule has 1 aromatic carbocycles. The van der Waals surface area contributed by atoms with E-state index in [-0.39, 0.29) is 30.4 Å². The molecular formula is C12H11ClFNO3. The molecule has 1 aliphatic heterocycles. The number of benzene rings is 1. The zero-order valence-electron chi connectivity index (χ0n) is 9.40. The molecule has 1 heterocycles. The third-order valence-electron chi connectivity index (χ3n) is 2.94. The monoisotopic (exact) mass is 271 g/mol. The lowest BCUT2D eigenvalue weighted by atomic mass is 10.1. The summed E-state index contributed by atoms with van der Waals surface area (Å²) >= 11 is 5.86. The molecule has 2 rings (SSSR count). The van der Waals surface area contributed by atoms with E-state index in [1.165, 1.54) is 23.1 Å². The molecule has 0 aromatic heterocycles. The minimum atomic E-state index is -0.976. The number of halogens is 2. The summed E-state index contributed by atoms with van der Waals surface area (Å²) in [5.74, 6) is -2.31. The van der Waals surface area contributed by atoms with E-state index in [0.717, 1.165) is 0 Å². The van der Waals surface area contributed by atoms with Crippen molar-refractivity contribution in [1.29, 1.82) is 0 Å². The minimum Gasteiger partial charge on any atom is -0.481 e. The van der Waals surface area contributed by atoms with Crippen molar-refractivity contribution in [2.45, 2.75) is 13.0 Å². The fourth-order valence-electron chi connectivity index (χ4n) is 1.95. The molecule has 1 N–H and O–H groups in total. The van der Waals surface area contributed by atoms with E-state index < -0.39 is 17.7 Å². The Morgan fingerprint density at radius 3 is 2.83 bits per heavy atom. The van der Waals surface area contributed by atoms with Crippen LogP contribution in [0.2, 0.25) is 5.02 Å². The second kappa shape index (κ2) is 4.94. The molecule has 1 amide bonds. The topological polar surface area (TPSA) is 57.6 Å². The highest BCUT2D eigenvalue weighted by Gasteiger charge is 2.34. The molecule has 0 unspecified atom stereocenters. The summed E-state index contributed by atoms with van der Waals surface area (Å²) in [5, 5.41) is 9.09. The average molecular weight is 272 g/mol. The predicted molar refractivity (Wildman–Crippen MR) is 62.6 cm³/mol. The van der Waals surface area contributed by atoms with Crippen molar-refractivity contribution in [3.63, 3.8) is 0 Å². The largest absolute Gasteiger partial charge is 0.481 e. The van der Waals surface area contributed by atoms with Gasteiger partial charge in [0.25, 0.3) is 0 Å². The number of rotatable bonds is 3. The molecule has 0 aliphatic carbocycles. The average Bonchev–Trinajstić information content (AvgIpc) is 2.64. The summed E-state index contributed by atoms with van der Waals surface area (Å²) in [5.41, 5.74) is 0.609. The highest BCUT2D eigenvalue weighted by molar-refractivity contribution is 6.31. The normalized spacial score (nSPS) is 19.3. The highest BCUT2D eigenvalue weighted by atomic mass is 35.5. The molecule has 18 heavy (non-hydrogen) atoms. The van der Waals surface area contributed by atoms with Gasteiger partial charge < -0.3 is 10.0 Å². The van der Waals surface area contributed by atoms with Gasteiger partial charge in [-0.05, 0) is 17.7 Å². The van der Waals surface area contributed by atoms with Gasteiger partial charge in [0.1, 0.15) is 5.82 Å². The van der Waals surface area contributed by atoms with Crippen LogP contribution in [-0.2, 0) is 16.1 Å². The summed E-state index contributed by atoms with van der Waals surface area (Å²) in [6.45, 7) is 0.379. The lowest BCUT2D eigenvalue weighted by molar-refractivity contribution is -0.141. The Morgan fingerprint density at radius 1 is 1.56 bits per heavy atom. The van der Waals surface area contributed by atoms with E-state index in [2.05, 4.69) is 0 Å². The number of carbonyl (C=O) groups is 2. The second-order valence-electron chi connectivity index (χ2n) is 4.25. The van der Waals surface area contributed by atoms with Gasteiger partial charge in [-0.15, -0.1) is 0 Å². The van der Waals surface area contributed by atoms with E-state index in [9.17, 15) is 14.0 Å². The van der Waals surface area contributed by atoms with Crippen LogP contribution in [0.1, 0.15) is 12.0 Å². The first kappa shape index (κ1) is 12.8. The number of hydrogen-bond donors (Lipinski definition) is 1. The molecule has 1 atom stereocenters. The SMILES string of the molecule is O=C(O)[C@H]1CC(=O)N(Cc2ccc(F)cc2Cl)C1. The lowest BCUT2D eigenvalue weighted by Crippen LogP contribution is -2.25. The molecule has 0 bridgehead atoms. The highest BCUT2D eigenvalue weighted by Crippen LogP contribution is 2.24. The quantitative estimate of drug-likeness (QED) is 0.914. The van der Waals surface area contributed by atoms with Crippen molar-refractivity contribution in [1.82, 2.24) is 4.90 Å². The maximum atomic E-state index is 12.9. The van der Waals surface area contributed by atoms with Crippen molar-refractivity contribution < 1.29 is 19.1 Å². The molecule has 1 fully saturated rings. The van der Waals surface area contributed by atoms with E-state index in [1.54, 1.807) is 0 Å². The summed E-state index contributed by atoms with van der Waals surface area (Å²) in [6.07, 6.45) is 0.00808. The molecule has 6 heteroatoms. The number of aliphatic carboxylic acids is 1. The number of likely N-dealkylation sites (tertiary alicyclic amines) is 1. The predicted octanol–water partition coefficient (Wildman–Crippen LogP) is 1.91. The number of carboxylic acids is 1. The van der Waals surface area contributed by atoms with Gasteiger partial charge in [0.2, 0.25) is 5.91 Å². The first-order valence-electron chi connectivity index (χ1n) is 5.42. The summed E-state index contributed by atoms with van der Waals surface area (Å²) < 4.78 is 12.9. The van der Waals surface area contributed by atoms with E-state index >= 15 is 0 Å². The molecule has 1 aromatic rings. The fraction of sp³-hybridized carbons (Fsp3) is 0.333. The van der Waals surface area contributed by atoms with Crippen molar-refractivity contribution in [2.75, 3.05) is 6.54 Å². The van der Waals surface area contributed by atoms with Gasteiger partial charge in [-0.25, -0.2) is 4.39 Å². The van der Waals surface area contributed by atoms with Gasteiger partial charge in [-0.3, -0.25) is 9.59 Å². The zero-order valence-corrected chi connectivity index (χ0v) is 10.2. The fourth-order valence-corrected chi connectivity index (χ4v) is 2.17. The zero-order chi connectivity index (χ0) is 13.3. The van der Waals surface area contributed by atoms with Gasteiger partial charge in [-0.1, -0.05) is 17.7 Å². The van der Waals surface area contributed by atoms with Crippen LogP contribution in [0, 0.1) is 11.7 Å². The van der Waals surface area contributed by atoms with Crippen LogP contribution in [0.15, 0.2) is 18.2 Å². The van der Waals surface area contributed by atoms with E-state index in [0.29, 0.717) is 5.56 Å². The van der Waals surface area contributed by atoms with Crippen molar-refractivity contribution in [2.24, 2.45) is 5.92 Å². The van der Waals surface area contributed by atoms with E-state index in [4.69, 9.17) is 16.7 Å². The van der Waals surface area contributed by atoms with Crippen LogP contribution >= 0.6 is 11.6 Å². The van der Waals surface area contributed by atoms with Gasteiger partial charge >= 0.3 is 5.97 Å². The molecular weight excluding hydrogens is 261 g/mol. The molecule has 0 saturated carbocycles. The molecule has 96 valence electrons. The van der Waals surface area contributed by atoms with Crippen LogP contribution in [0.25, 0.3) is 0 Å². The summed E-state index contributed by atoms with van der Waals surface area (Å²) in [6, 6.07) is 3.93.